The first-order valence-corrected chi connectivity index (χ1v) is 8.82. The molecule has 2 fully saturated rings. The van der Waals surface area contributed by atoms with Crippen LogP contribution in [-0.4, -0.2) is 29.6 Å². The van der Waals surface area contributed by atoms with Gasteiger partial charge >= 0.3 is 0 Å². The third-order valence-corrected chi connectivity index (χ3v) is 5.94. The van der Waals surface area contributed by atoms with Crippen LogP contribution in [0.4, 0.5) is 0 Å². The fraction of sp³-hybridized carbons (Fsp3) is 0.647. The van der Waals surface area contributed by atoms with E-state index in [2.05, 4.69) is 4.90 Å². The summed E-state index contributed by atoms with van der Waals surface area (Å²) in [6.45, 7) is 2.42. The van der Waals surface area contributed by atoms with Crippen LogP contribution in [-0.2, 0) is 6.42 Å². The van der Waals surface area contributed by atoms with Crippen LogP contribution in [0.25, 0.3) is 0 Å². The zero-order valence-electron chi connectivity index (χ0n) is 12.5. The molecule has 1 unspecified atom stereocenters. The van der Waals surface area contributed by atoms with E-state index in [0.29, 0.717) is 5.02 Å². The van der Waals surface area contributed by atoms with E-state index < -0.39 is 0 Å². The van der Waals surface area contributed by atoms with Gasteiger partial charge < -0.3 is 5.73 Å². The Bertz CT molecular complexity index is 492. The molecule has 21 heavy (non-hydrogen) atoms. The van der Waals surface area contributed by atoms with Crippen LogP contribution in [0.1, 0.15) is 44.1 Å². The number of halogens is 2. The van der Waals surface area contributed by atoms with E-state index in [4.69, 9.17) is 28.9 Å². The number of hydrogen-bond acceptors (Lipinski definition) is 2. The molecule has 0 spiro atoms. The number of nitrogens with two attached hydrogens (primary N) is 1. The van der Waals surface area contributed by atoms with Crippen LogP contribution in [0.5, 0.6) is 0 Å². The molecule has 0 radical (unpaired) electrons. The van der Waals surface area contributed by atoms with Gasteiger partial charge in [-0.2, -0.15) is 0 Å². The van der Waals surface area contributed by atoms with Crippen molar-refractivity contribution in [2.45, 2.75) is 56.5 Å². The maximum Gasteiger partial charge on any atom is 0.0453 e. The molecule has 2 N–H and O–H groups in total. The number of rotatable bonds is 4. The molecule has 1 saturated carbocycles. The molecular weight excluding hydrogens is 303 g/mol. The molecule has 1 aromatic rings. The predicted molar refractivity (Wildman–Crippen MR) is 90.1 cm³/mol. The van der Waals surface area contributed by atoms with Crippen molar-refractivity contribution in [3.8, 4) is 0 Å². The summed E-state index contributed by atoms with van der Waals surface area (Å²) >= 11 is 12.3. The highest BCUT2D eigenvalue weighted by atomic mass is 35.5. The first-order chi connectivity index (χ1) is 10.1. The van der Waals surface area contributed by atoms with E-state index in [1.807, 2.05) is 18.2 Å². The standard InChI is InChI=1S/C17H24Cl2N2/c18-14-6-5-13(15(19)12-14)11-16(20)17(7-1-2-8-17)21-9-3-4-10-21/h5-6,12,16H,1-4,7-11,20H2. The van der Waals surface area contributed by atoms with Crippen molar-refractivity contribution >= 4 is 23.2 Å². The zero-order valence-corrected chi connectivity index (χ0v) is 14.0. The van der Waals surface area contributed by atoms with Gasteiger partial charge in [0.05, 0.1) is 0 Å². The third kappa shape index (κ3) is 3.10. The molecule has 1 heterocycles. The lowest BCUT2D eigenvalue weighted by Crippen LogP contribution is -2.58. The molecule has 1 aliphatic carbocycles. The van der Waals surface area contributed by atoms with Crippen LogP contribution < -0.4 is 5.73 Å². The highest BCUT2D eigenvalue weighted by Gasteiger charge is 2.45. The van der Waals surface area contributed by atoms with Crippen LogP contribution in [0, 0.1) is 0 Å². The van der Waals surface area contributed by atoms with E-state index in [1.165, 1.54) is 51.6 Å². The molecule has 0 aromatic heterocycles. The Kier molecular flexibility index (Phi) is 4.80. The van der Waals surface area contributed by atoms with Crippen molar-refractivity contribution < 1.29 is 0 Å². The van der Waals surface area contributed by atoms with Crippen molar-refractivity contribution in [2.24, 2.45) is 5.73 Å². The molecule has 3 rings (SSSR count). The minimum Gasteiger partial charge on any atom is -0.326 e. The van der Waals surface area contributed by atoms with Crippen LogP contribution >= 0.6 is 23.2 Å². The van der Waals surface area contributed by atoms with Gasteiger partial charge in [0.2, 0.25) is 0 Å². The largest absolute Gasteiger partial charge is 0.326 e. The fourth-order valence-corrected chi connectivity index (χ4v) is 4.67. The van der Waals surface area contributed by atoms with E-state index >= 15 is 0 Å². The van der Waals surface area contributed by atoms with Crippen molar-refractivity contribution in [3.63, 3.8) is 0 Å². The van der Waals surface area contributed by atoms with Crippen LogP contribution in [0.2, 0.25) is 10.0 Å². The molecule has 0 bridgehead atoms. The van der Waals surface area contributed by atoms with Gasteiger partial charge in [0.1, 0.15) is 0 Å². The van der Waals surface area contributed by atoms with Crippen LogP contribution in [0.3, 0.4) is 0 Å². The molecule has 0 amide bonds. The Morgan fingerprint density at radius 1 is 1.10 bits per heavy atom. The lowest BCUT2D eigenvalue weighted by Gasteiger charge is -2.43. The Morgan fingerprint density at radius 3 is 2.38 bits per heavy atom. The monoisotopic (exact) mass is 326 g/mol. The molecule has 4 heteroatoms. The van der Waals surface area contributed by atoms with Crippen molar-refractivity contribution in [1.82, 2.24) is 4.90 Å². The van der Waals surface area contributed by atoms with Gasteiger partial charge in [-0.05, 0) is 62.9 Å². The smallest absolute Gasteiger partial charge is 0.0453 e. The van der Waals surface area contributed by atoms with Crippen molar-refractivity contribution in [3.05, 3.63) is 33.8 Å². The highest BCUT2D eigenvalue weighted by molar-refractivity contribution is 6.35. The highest BCUT2D eigenvalue weighted by Crippen LogP contribution is 2.40. The van der Waals surface area contributed by atoms with Gasteiger partial charge in [-0.25, -0.2) is 0 Å². The van der Waals surface area contributed by atoms with Gasteiger partial charge in [-0.3, -0.25) is 4.90 Å². The molecule has 2 aliphatic rings. The number of benzene rings is 1. The molecule has 1 atom stereocenters. The van der Waals surface area contributed by atoms with Gasteiger partial charge in [-0.1, -0.05) is 42.1 Å². The zero-order chi connectivity index (χ0) is 14.9. The minimum atomic E-state index is 0.150. The molecule has 1 saturated heterocycles. The summed E-state index contributed by atoms with van der Waals surface area (Å²) in [6.07, 6.45) is 8.55. The summed E-state index contributed by atoms with van der Waals surface area (Å²) in [6, 6.07) is 5.91. The second-order valence-electron chi connectivity index (χ2n) is 6.55. The quantitative estimate of drug-likeness (QED) is 0.895. The van der Waals surface area contributed by atoms with E-state index in [0.717, 1.165) is 17.0 Å². The molecule has 116 valence electrons. The summed E-state index contributed by atoms with van der Waals surface area (Å²) in [5, 5.41) is 1.43. The summed E-state index contributed by atoms with van der Waals surface area (Å²) in [5.41, 5.74) is 8.02. The molecule has 1 aliphatic heterocycles. The Morgan fingerprint density at radius 2 is 1.76 bits per heavy atom. The minimum absolute atomic E-state index is 0.150. The number of hydrogen-bond donors (Lipinski definition) is 1. The van der Waals surface area contributed by atoms with E-state index in [1.54, 1.807) is 0 Å². The maximum absolute atomic E-state index is 6.70. The van der Waals surface area contributed by atoms with Gasteiger partial charge in [0.25, 0.3) is 0 Å². The third-order valence-electron chi connectivity index (χ3n) is 5.35. The lowest BCUT2D eigenvalue weighted by atomic mass is 9.83. The Labute approximate surface area is 137 Å². The summed E-state index contributed by atoms with van der Waals surface area (Å²) in [7, 11) is 0. The number of nitrogens with zero attached hydrogens (tertiary/aromatic N) is 1. The Balaban J connectivity index is 1.79. The van der Waals surface area contributed by atoms with Gasteiger partial charge in [0.15, 0.2) is 0 Å². The summed E-state index contributed by atoms with van der Waals surface area (Å²) in [4.78, 5) is 2.66. The first kappa shape index (κ1) is 15.6. The second kappa shape index (κ2) is 6.45. The van der Waals surface area contributed by atoms with E-state index in [9.17, 15) is 0 Å². The van der Waals surface area contributed by atoms with Crippen LogP contribution in [0.15, 0.2) is 18.2 Å². The number of likely N-dealkylation sites (tertiary alicyclic amines) is 1. The van der Waals surface area contributed by atoms with Crippen molar-refractivity contribution in [2.75, 3.05) is 13.1 Å². The molecule has 1 aromatic carbocycles. The van der Waals surface area contributed by atoms with E-state index in [-0.39, 0.29) is 11.6 Å². The lowest BCUT2D eigenvalue weighted by molar-refractivity contribution is 0.0921. The van der Waals surface area contributed by atoms with Gasteiger partial charge in [-0.15, -0.1) is 0 Å². The summed E-state index contributed by atoms with van der Waals surface area (Å²) in [5.74, 6) is 0. The molecule has 2 nitrogen and oxygen atoms in total. The Hall–Kier alpha value is -0.280. The predicted octanol–water partition coefficient (Wildman–Crippen LogP) is 4.27. The maximum atomic E-state index is 6.70. The molecular formula is C17H24Cl2N2. The van der Waals surface area contributed by atoms with Crippen molar-refractivity contribution in [1.29, 1.82) is 0 Å². The SMILES string of the molecule is NC(Cc1ccc(Cl)cc1Cl)C1(N2CCCC2)CCCC1. The average molecular weight is 327 g/mol. The normalized spacial score (nSPS) is 23.6. The summed E-state index contributed by atoms with van der Waals surface area (Å²) < 4.78 is 0. The second-order valence-corrected chi connectivity index (χ2v) is 7.39. The topological polar surface area (TPSA) is 29.3 Å². The average Bonchev–Trinajstić information content (AvgIpc) is 3.11. The fourth-order valence-electron chi connectivity index (χ4n) is 4.19. The first-order valence-electron chi connectivity index (χ1n) is 8.06. The van der Waals surface area contributed by atoms with Gasteiger partial charge in [0, 0.05) is 21.6 Å².